The average Bonchev–Trinajstić information content (AvgIpc) is 2.54. The van der Waals surface area contributed by atoms with Gasteiger partial charge in [0.2, 0.25) is 0 Å². The second-order valence-corrected chi connectivity index (χ2v) is 6.03. The molecule has 1 heterocycles. The van der Waals surface area contributed by atoms with Crippen LogP contribution in [0, 0.1) is 0 Å². The van der Waals surface area contributed by atoms with Crippen molar-refractivity contribution in [2.75, 3.05) is 33.4 Å². The fraction of sp³-hybridized carbons (Fsp3) is 0.333. The van der Waals surface area contributed by atoms with Crippen LogP contribution in [0.15, 0.2) is 41.3 Å². The maximum Gasteiger partial charge on any atom is 0.137 e. The van der Waals surface area contributed by atoms with E-state index in [1.807, 2.05) is 40.7 Å². The zero-order valence-electron chi connectivity index (χ0n) is 11.4. The van der Waals surface area contributed by atoms with Crippen LogP contribution in [0.5, 0.6) is 5.75 Å². The molecule has 0 radical (unpaired) electrons. The Labute approximate surface area is 120 Å². The van der Waals surface area contributed by atoms with Crippen molar-refractivity contribution in [3.05, 3.63) is 36.4 Å². The van der Waals surface area contributed by atoms with Gasteiger partial charge in [-0.15, -0.1) is 0 Å². The molecular weight excluding hydrogens is 274 g/mol. The lowest BCUT2D eigenvalue weighted by molar-refractivity contribution is 0.0752. The number of nitrogens with zero attached hydrogens (tertiary/aromatic N) is 1. The van der Waals surface area contributed by atoms with Crippen LogP contribution in [0.3, 0.4) is 0 Å². The minimum atomic E-state index is -1.23. The van der Waals surface area contributed by atoms with Gasteiger partial charge in [-0.05, 0) is 11.5 Å². The van der Waals surface area contributed by atoms with E-state index in [4.69, 9.17) is 9.47 Å². The van der Waals surface area contributed by atoms with Gasteiger partial charge in [-0.25, -0.2) is 8.51 Å². The fourth-order valence-corrected chi connectivity index (χ4v) is 3.84. The Morgan fingerprint density at radius 2 is 1.90 bits per heavy atom. The molecule has 0 N–H and O–H groups in total. The van der Waals surface area contributed by atoms with Gasteiger partial charge in [-0.3, -0.25) is 0 Å². The number of methoxy groups -OCH3 is 1. The summed E-state index contributed by atoms with van der Waals surface area (Å²) >= 11 is 0. The van der Waals surface area contributed by atoms with Crippen LogP contribution < -0.4 is 4.74 Å². The summed E-state index contributed by atoms with van der Waals surface area (Å²) in [5.41, 5.74) is 0. The van der Waals surface area contributed by atoms with Crippen molar-refractivity contribution in [1.82, 2.24) is 4.31 Å². The average molecular weight is 291 g/mol. The second kappa shape index (κ2) is 5.91. The van der Waals surface area contributed by atoms with Crippen LogP contribution in [-0.2, 0) is 15.7 Å². The number of hydrogen-bond donors (Lipinski definition) is 0. The summed E-state index contributed by atoms with van der Waals surface area (Å²) in [4.78, 5) is 0.757. The third kappa shape index (κ3) is 2.44. The topological polar surface area (TPSA) is 38.8 Å². The largest absolute Gasteiger partial charge is 0.495 e. The highest BCUT2D eigenvalue weighted by atomic mass is 32.2. The van der Waals surface area contributed by atoms with E-state index < -0.39 is 11.0 Å². The Kier molecular flexibility index (Phi) is 4.00. The smallest absolute Gasteiger partial charge is 0.137 e. The first-order valence-electron chi connectivity index (χ1n) is 6.61. The molecule has 0 bridgehead atoms. The number of morpholine rings is 1. The molecule has 0 spiro atoms. The summed E-state index contributed by atoms with van der Waals surface area (Å²) in [5, 5.41) is 2.06. The van der Waals surface area contributed by atoms with E-state index in [0.717, 1.165) is 15.7 Å². The standard InChI is InChI=1S/C15H17NO3S/c1-18-14-7-6-12-4-2-3-5-13(12)15(14)20(17)16-8-10-19-11-9-16/h2-7H,8-11H2,1H3. The van der Waals surface area contributed by atoms with Gasteiger partial charge in [-0.1, -0.05) is 30.3 Å². The Balaban J connectivity index is 2.10. The number of hydrogen-bond acceptors (Lipinski definition) is 3. The molecule has 1 atom stereocenters. The highest BCUT2D eigenvalue weighted by Gasteiger charge is 2.23. The molecule has 2 aromatic rings. The summed E-state index contributed by atoms with van der Waals surface area (Å²) < 4.78 is 25.6. The van der Waals surface area contributed by atoms with Crippen LogP contribution in [0.4, 0.5) is 0 Å². The van der Waals surface area contributed by atoms with Gasteiger partial charge in [-0.2, -0.15) is 0 Å². The van der Waals surface area contributed by atoms with Gasteiger partial charge in [0.15, 0.2) is 0 Å². The highest BCUT2D eigenvalue weighted by molar-refractivity contribution is 7.83. The molecule has 1 aliphatic heterocycles. The van der Waals surface area contributed by atoms with E-state index in [2.05, 4.69) is 0 Å². The predicted molar refractivity (Wildman–Crippen MR) is 79.3 cm³/mol. The summed E-state index contributed by atoms with van der Waals surface area (Å²) in [5.74, 6) is 0.675. The third-order valence-electron chi connectivity index (χ3n) is 3.44. The Hall–Kier alpha value is -1.43. The molecule has 5 heteroatoms. The molecule has 4 nitrogen and oxygen atoms in total. The lowest BCUT2D eigenvalue weighted by Crippen LogP contribution is -2.37. The minimum Gasteiger partial charge on any atom is -0.495 e. The SMILES string of the molecule is COc1ccc2ccccc2c1S(=O)N1CCOCC1. The van der Waals surface area contributed by atoms with Crippen LogP contribution >= 0.6 is 0 Å². The van der Waals surface area contributed by atoms with Crippen molar-refractivity contribution < 1.29 is 13.7 Å². The van der Waals surface area contributed by atoms with Crippen molar-refractivity contribution in [2.45, 2.75) is 4.90 Å². The van der Waals surface area contributed by atoms with Gasteiger partial charge in [0.05, 0.1) is 20.3 Å². The predicted octanol–water partition coefficient (Wildman–Crippen LogP) is 2.20. The quantitative estimate of drug-likeness (QED) is 0.870. The monoisotopic (exact) mass is 291 g/mol. The van der Waals surface area contributed by atoms with Crippen LogP contribution in [0.1, 0.15) is 0 Å². The highest BCUT2D eigenvalue weighted by Crippen LogP contribution is 2.32. The normalized spacial score (nSPS) is 18.1. The summed E-state index contributed by atoms with van der Waals surface area (Å²) in [6.07, 6.45) is 0. The molecule has 0 saturated carbocycles. The molecule has 1 unspecified atom stereocenters. The number of ether oxygens (including phenoxy) is 2. The van der Waals surface area contributed by atoms with Gasteiger partial charge < -0.3 is 9.47 Å². The Morgan fingerprint density at radius 1 is 1.15 bits per heavy atom. The summed E-state index contributed by atoms with van der Waals surface area (Å²) in [7, 11) is 0.388. The summed E-state index contributed by atoms with van der Waals surface area (Å²) in [6, 6.07) is 11.8. The van der Waals surface area contributed by atoms with E-state index in [9.17, 15) is 4.21 Å². The number of rotatable bonds is 3. The molecule has 1 aliphatic rings. The number of benzene rings is 2. The maximum absolute atomic E-state index is 12.9. The lowest BCUT2D eigenvalue weighted by Gasteiger charge is -2.26. The molecular formula is C15H17NO3S. The second-order valence-electron chi connectivity index (χ2n) is 4.61. The van der Waals surface area contributed by atoms with Crippen molar-refractivity contribution in [3.8, 4) is 5.75 Å². The first kappa shape index (κ1) is 13.5. The van der Waals surface area contributed by atoms with Crippen molar-refractivity contribution in [1.29, 1.82) is 0 Å². The summed E-state index contributed by atoms with van der Waals surface area (Å²) in [6.45, 7) is 2.61. The maximum atomic E-state index is 12.9. The van der Waals surface area contributed by atoms with Gasteiger partial charge >= 0.3 is 0 Å². The lowest BCUT2D eigenvalue weighted by atomic mass is 10.1. The molecule has 1 fully saturated rings. The molecule has 0 aliphatic carbocycles. The molecule has 0 amide bonds. The number of fused-ring (bicyclic) bond motifs is 1. The van der Waals surface area contributed by atoms with Crippen molar-refractivity contribution >= 4 is 21.8 Å². The fourth-order valence-electron chi connectivity index (χ4n) is 2.41. The first-order chi connectivity index (χ1) is 9.81. The molecule has 20 heavy (non-hydrogen) atoms. The van der Waals surface area contributed by atoms with E-state index in [-0.39, 0.29) is 0 Å². The zero-order valence-corrected chi connectivity index (χ0v) is 12.2. The van der Waals surface area contributed by atoms with Crippen LogP contribution in [0.25, 0.3) is 10.8 Å². The zero-order chi connectivity index (χ0) is 13.9. The van der Waals surface area contributed by atoms with E-state index in [0.29, 0.717) is 32.1 Å². The van der Waals surface area contributed by atoms with Crippen molar-refractivity contribution in [2.24, 2.45) is 0 Å². The molecule has 0 aromatic heterocycles. The van der Waals surface area contributed by atoms with Gasteiger partial charge in [0.25, 0.3) is 0 Å². The molecule has 2 aromatic carbocycles. The molecule has 1 saturated heterocycles. The van der Waals surface area contributed by atoms with Crippen LogP contribution in [0.2, 0.25) is 0 Å². The minimum absolute atomic E-state index is 0.624. The Bertz CT molecular complexity index is 638. The van der Waals surface area contributed by atoms with Crippen LogP contribution in [-0.4, -0.2) is 41.9 Å². The van der Waals surface area contributed by atoms with Gasteiger partial charge in [0, 0.05) is 18.5 Å². The van der Waals surface area contributed by atoms with E-state index >= 15 is 0 Å². The molecule has 3 rings (SSSR count). The Morgan fingerprint density at radius 3 is 2.65 bits per heavy atom. The third-order valence-corrected chi connectivity index (χ3v) is 5.05. The van der Waals surface area contributed by atoms with Crippen molar-refractivity contribution in [3.63, 3.8) is 0 Å². The first-order valence-corrected chi connectivity index (χ1v) is 7.72. The van der Waals surface area contributed by atoms with Gasteiger partial charge in [0.1, 0.15) is 21.6 Å². The van der Waals surface area contributed by atoms with E-state index in [1.54, 1.807) is 7.11 Å². The van der Waals surface area contributed by atoms with E-state index in [1.165, 1.54) is 0 Å². The molecule has 106 valence electrons.